The highest BCUT2D eigenvalue weighted by Crippen LogP contribution is 2.12. The van der Waals surface area contributed by atoms with Crippen molar-refractivity contribution in [2.45, 2.75) is 283 Å². The summed E-state index contributed by atoms with van der Waals surface area (Å²) >= 11 is 1.60. The topological polar surface area (TPSA) is 140 Å². The Bertz CT molecular complexity index is 1140. The molecule has 3 aromatic rings. The lowest BCUT2D eigenvalue weighted by atomic mass is 10.0. The first kappa shape index (κ1) is 94.0. The van der Waals surface area contributed by atoms with Crippen molar-refractivity contribution in [3.8, 4) is 0 Å². The lowest BCUT2D eigenvalue weighted by Gasteiger charge is -2.05. The van der Waals surface area contributed by atoms with Gasteiger partial charge < -0.3 is 8.94 Å². The smallest absolute Gasteiger partial charge is 0.213 e. The van der Waals surface area contributed by atoms with Crippen LogP contribution in [0, 0.1) is 54.1 Å². The van der Waals surface area contributed by atoms with Crippen LogP contribution in [0.5, 0.6) is 0 Å². The number of thiazole rings is 1. The molecule has 0 unspecified atom stereocenters. The Hall–Kier alpha value is -3.41. The highest BCUT2D eigenvalue weighted by Gasteiger charge is 1.99. The molecule has 75 heavy (non-hydrogen) atoms. The molecular weight excluding hydrogens is 947 g/mol. The van der Waals surface area contributed by atoms with Crippen molar-refractivity contribution < 1.29 is 8.94 Å². The van der Waals surface area contributed by atoms with Gasteiger partial charge in [0.15, 0.2) is 12.7 Å². The van der Waals surface area contributed by atoms with Crippen molar-refractivity contribution in [1.29, 1.82) is 0 Å². The summed E-state index contributed by atoms with van der Waals surface area (Å²) in [6.07, 6.45) is 14.9. The van der Waals surface area contributed by atoms with Gasteiger partial charge in [-0.1, -0.05) is 282 Å². The minimum Gasteiger partial charge on any atom is -0.452 e. The maximum Gasteiger partial charge on any atom is 0.213 e. The Labute approximate surface area is 475 Å². The van der Waals surface area contributed by atoms with Gasteiger partial charge in [0.25, 0.3) is 0 Å². The summed E-state index contributed by atoms with van der Waals surface area (Å²) < 4.78 is 8.69. The molecule has 5 heterocycles. The van der Waals surface area contributed by atoms with Crippen LogP contribution in [0.25, 0.3) is 0 Å². The average Bonchev–Trinajstić information content (AvgIpc) is 3.94. The molecule has 0 aliphatic carbocycles. The van der Waals surface area contributed by atoms with Gasteiger partial charge in [-0.3, -0.25) is 4.98 Å². The largest absolute Gasteiger partial charge is 0.452 e. The zero-order valence-corrected chi connectivity index (χ0v) is 58.8. The van der Waals surface area contributed by atoms with E-state index < -0.39 is 0 Å². The summed E-state index contributed by atoms with van der Waals surface area (Å²) in [7, 11) is 0. The third-order valence-corrected chi connectivity index (χ3v) is 2.30. The van der Waals surface area contributed by atoms with Crippen molar-refractivity contribution >= 4 is 30.0 Å². The van der Waals surface area contributed by atoms with Crippen LogP contribution in [0.3, 0.4) is 0 Å². The minimum atomic E-state index is 0.500. The molecule has 0 bridgehead atoms. The number of rotatable bonds is 0. The molecule has 0 fully saturated rings. The van der Waals surface area contributed by atoms with Crippen molar-refractivity contribution in [3.63, 3.8) is 0 Å². The quantitative estimate of drug-likeness (QED) is 0.220. The fourth-order valence-corrected chi connectivity index (χ4v) is 1.26. The molecule has 0 saturated carbocycles. The number of oxazole rings is 1. The van der Waals surface area contributed by atoms with Gasteiger partial charge in [-0.05, 0) is 59.4 Å². The highest BCUT2D eigenvalue weighted by atomic mass is 32.1. The Morgan fingerprint density at radius 2 is 0.653 bits per heavy atom. The summed E-state index contributed by atoms with van der Waals surface area (Å²) in [5.41, 5.74) is 6.79. The zero-order chi connectivity index (χ0) is 62.7. The monoisotopic (exact) mass is 1080 g/mol. The molecular formula is C63H135N9O2S. The Morgan fingerprint density at radius 3 is 0.720 bits per heavy atom. The molecule has 12 heteroatoms. The first-order valence-corrected chi connectivity index (χ1v) is 27.7. The molecule has 0 N–H and O–H groups in total. The Balaban J connectivity index is -0.0000000754. The molecule has 0 radical (unpaired) electrons. The van der Waals surface area contributed by atoms with Crippen LogP contribution in [0.1, 0.15) is 283 Å². The molecule has 0 atom stereocenters. The first-order chi connectivity index (χ1) is 32.5. The SMILES string of the molecule is C1=NN=CC1.C1=NN=NC1.CC(C)(C)C.CC(C)(C)C.CC(C)(C)C.CC(C)(C)C.CC(C)(C)C.CC(C)(C)C.CC(C)(C)C.CC(C)(C)C.CC(C)(C)C.CC(C)(C)C.c1cocn1.c1cscn1.c1ncon1. The number of hydrogen-bond acceptors (Lipinski definition) is 12. The van der Waals surface area contributed by atoms with Crippen molar-refractivity contribution in [2.24, 2.45) is 79.8 Å². The zero-order valence-electron chi connectivity index (χ0n) is 58.0. The van der Waals surface area contributed by atoms with Gasteiger partial charge in [0.2, 0.25) is 6.39 Å². The molecule has 450 valence electrons. The Kier molecular flexibility index (Phi) is 64.4. The van der Waals surface area contributed by atoms with Crippen LogP contribution in [0.4, 0.5) is 0 Å². The minimum absolute atomic E-state index is 0.500. The predicted molar refractivity (Wildman–Crippen MR) is 344 cm³/mol. The third-order valence-electron chi connectivity index (χ3n) is 1.78. The van der Waals surface area contributed by atoms with E-state index in [-0.39, 0.29) is 0 Å². The first-order valence-electron chi connectivity index (χ1n) is 26.8. The van der Waals surface area contributed by atoms with Crippen molar-refractivity contribution in [1.82, 2.24) is 20.1 Å². The maximum atomic E-state index is 4.47. The molecule has 0 saturated heterocycles. The van der Waals surface area contributed by atoms with Gasteiger partial charge in [-0.2, -0.15) is 15.3 Å². The van der Waals surface area contributed by atoms with Crippen LogP contribution in [0.2, 0.25) is 0 Å². The van der Waals surface area contributed by atoms with Gasteiger partial charge in [0.05, 0.1) is 24.5 Å². The fourth-order valence-electron chi connectivity index (χ4n) is 0.906. The predicted octanol–water partition coefficient (Wildman–Crippen LogP) is 23.3. The van der Waals surface area contributed by atoms with E-state index in [0.717, 1.165) is 6.42 Å². The van der Waals surface area contributed by atoms with Crippen molar-refractivity contribution in [2.75, 3.05) is 6.54 Å². The van der Waals surface area contributed by atoms with Crippen LogP contribution >= 0.6 is 11.3 Å². The van der Waals surface area contributed by atoms with E-state index in [4.69, 9.17) is 0 Å². The van der Waals surface area contributed by atoms with Gasteiger partial charge in [-0.15, -0.1) is 16.4 Å². The number of nitrogens with zero attached hydrogens (tertiary/aromatic N) is 9. The van der Waals surface area contributed by atoms with Gasteiger partial charge in [-0.25, -0.2) is 9.97 Å². The molecule has 0 spiro atoms. The standard InChI is InChI=1S/10C5H12.C3H4N2.C3H3NO.C3H3NS.C2H3N3.C2H2N2O/c10*1-5(2,3)4;1-2-4-5-3-1;2*1-2-5-3-4-1;1-2-4-5-3-1;1-3-2-5-4-1/h10*1-4H3;2-3H,1H2;2*1-3H;1H,2H2;1-2H. The maximum absolute atomic E-state index is 4.47. The van der Waals surface area contributed by atoms with E-state index in [0.29, 0.717) is 60.7 Å². The van der Waals surface area contributed by atoms with E-state index in [9.17, 15) is 0 Å². The van der Waals surface area contributed by atoms with Crippen molar-refractivity contribution in [3.05, 3.63) is 48.7 Å². The molecule has 3 aromatic heterocycles. The third kappa shape index (κ3) is 712. The summed E-state index contributed by atoms with van der Waals surface area (Å²) in [5.74, 6) is 0. The van der Waals surface area contributed by atoms with Gasteiger partial charge in [0, 0.05) is 30.4 Å². The second kappa shape index (κ2) is 51.4. The van der Waals surface area contributed by atoms with Crippen LogP contribution < -0.4 is 0 Å². The van der Waals surface area contributed by atoms with E-state index >= 15 is 0 Å². The van der Waals surface area contributed by atoms with Gasteiger partial charge in [0.1, 0.15) is 6.26 Å². The second-order valence-corrected chi connectivity index (χ2v) is 34.2. The molecule has 11 nitrogen and oxygen atoms in total. The van der Waals surface area contributed by atoms with Crippen LogP contribution in [0.15, 0.2) is 83.2 Å². The molecule has 5 rings (SSSR count). The summed E-state index contributed by atoms with van der Waals surface area (Å²) in [4.78, 5) is 10.7. The number of hydrogen-bond donors (Lipinski definition) is 0. The summed E-state index contributed by atoms with van der Waals surface area (Å²) in [6.45, 7) is 88.2. The molecule has 0 amide bonds. The van der Waals surface area contributed by atoms with Gasteiger partial charge >= 0.3 is 0 Å². The molecule has 2 aliphatic heterocycles. The normalized spacial score (nSPS) is 11.9. The summed E-state index contributed by atoms with van der Waals surface area (Å²) in [5, 5.41) is 22.4. The summed E-state index contributed by atoms with van der Waals surface area (Å²) in [6, 6.07) is 0. The van der Waals surface area contributed by atoms with E-state index in [1.807, 2.05) is 5.38 Å². The average molecular weight is 1080 g/mol. The van der Waals surface area contributed by atoms with E-state index in [1.54, 1.807) is 47.9 Å². The molecule has 2 aliphatic rings. The number of aromatic nitrogens is 4. The second-order valence-electron chi connectivity index (χ2n) is 33.5. The lowest BCUT2D eigenvalue weighted by molar-refractivity contribution is 0.416. The van der Waals surface area contributed by atoms with Crippen LogP contribution in [-0.2, 0) is 0 Å². The molecule has 0 aromatic carbocycles. The van der Waals surface area contributed by atoms with E-state index in [1.165, 1.54) is 25.4 Å². The Morgan fingerprint density at radius 1 is 0.347 bits per heavy atom. The van der Waals surface area contributed by atoms with Crippen LogP contribution in [-0.4, -0.2) is 45.3 Å². The fraction of sp³-hybridized carbons (Fsp3) is 0.825. The van der Waals surface area contributed by atoms with E-state index in [2.05, 4.69) is 332 Å². The highest BCUT2D eigenvalue weighted by molar-refractivity contribution is 7.07. The lowest BCUT2D eigenvalue weighted by Crippen LogP contribution is -1.93.